The van der Waals surface area contributed by atoms with Gasteiger partial charge in [-0.3, -0.25) is 0 Å². The molecule has 1 N–H and O–H groups in total. The van der Waals surface area contributed by atoms with E-state index >= 15 is 0 Å². The molecule has 0 amide bonds. The van der Waals surface area contributed by atoms with Crippen LogP contribution >= 0.6 is 0 Å². The molecule has 0 bridgehead atoms. The first kappa shape index (κ1) is 15.3. The minimum atomic E-state index is -3.87. The van der Waals surface area contributed by atoms with Crippen LogP contribution in [0.2, 0.25) is 0 Å². The Balaban J connectivity index is 1.90. The van der Waals surface area contributed by atoms with Gasteiger partial charge in [-0.1, -0.05) is 6.92 Å². The highest BCUT2D eigenvalue weighted by Crippen LogP contribution is 2.12. The summed E-state index contributed by atoms with van der Waals surface area (Å²) in [6.07, 6.45) is 3.68. The van der Waals surface area contributed by atoms with Crippen LogP contribution in [0.3, 0.4) is 0 Å². The maximum atomic E-state index is 13.4. The third kappa shape index (κ3) is 3.97. The van der Waals surface area contributed by atoms with Gasteiger partial charge in [0.25, 0.3) is 10.0 Å². The Bertz CT molecular complexity index is 544. The van der Waals surface area contributed by atoms with Gasteiger partial charge in [-0.2, -0.15) is 0 Å². The number of aromatic nitrogens is 1. The van der Waals surface area contributed by atoms with Gasteiger partial charge in [-0.25, -0.2) is 22.5 Å². The molecule has 5 nitrogen and oxygen atoms in total. The van der Waals surface area contributed by atoms with E-state index in [1.54, 1.807) is 0 Å². The standard InChI is InChI=1S/C13H20FN3O2S/c1-11(10-17-7-2-3-8-17)9-16-20(18,19)13-12(14)5-4-6-15-13/h4-6,11,16H,2-3,7-10H2,1H3. The maximum Gasteiger partial charge on any atom is 0.261 e. The Labute approximate surface area is 119 Å². The summed E-state index contributed by atoms with van der Waals surface area (Å²) < 4.78 is 39.8. The summed E-state index contributed by atoms with van der Waals surface area (Å²) >= 11 is 0. The lowest BCUT2D eigenvalue weighted by Gasteiger charge is -2.20. The molecule has 0 spiro atoms. The lowest BCUT2D eigenvalue weighted by molar-refractivity contribution is 0.288. The molecule has 1 saturated heterocycles. The van der Waals surface area contributed by atoms with Crippen molar-refractivity contribution in [3.63, 3.8) is 0 Å². The Morgan fingerprint density at radius 3 is 2.80 bits per heavy atom. The number of nitrogens with zero attached hydrogens (tertiary/aromatic N) is 2. The summed E-state index contributed by atoms with van der Waals surface area (Å²) in [7, 11) is -3.87. The topological polar surface area (TPSA) is 62.3 Å². The first-order valence-corrected chi connectivity index (χ1v) is 8.30. The van der Waals surface area contributed by atoms with Crippen LogP contribution in [-0.4, -0.2) is 44.5 Å². The minimum absolute atomic E-state index is 0.176. The van der Waals surface area contributed by atoms with Gasteiger partial charge in [0.15, 0.2) is 5.82 Å². The molecule has 2 heterocycles. The molecular formula is C13H20FN3O2S. The molecule has 1 aromatic rings. The van der Waals surface area contributed by atoms with E-state index in [4.69, 9.17) is 0 Å². The molecule has 20 heavy (non-hydrogen) atoms. The summed E-state index contributed by atoms with van der Waals surface area (Å²) in [5.74, 6) is -0.651. The van der Waals surface area contributed by atoms with Crippen molar-refractivity contribution >= 4 is 10.0 Å². The fraction of sp³-hybridized carbons (Fsp3) is 0.615. The van der Waals surface area contributed by atoms with Crippen molar-refractivity contribution in [2.75, 3.05) is 26.2 Å². The molecule has 1 fully saturated rings. The molecule has 0 aromatic carbocycles. The van der Waals surface area contributed by atoms with Crippen LogP contribution in [0, 0.1) is 11.7 Å². The monoisotopic (exact) mass is 301 g/mol. The van der Waals surface area contributed by atoms with Crippen LogP contribution in [-0.2, 0) is 10.0 Å². The van der Waals surface area contributed by atoms with Gasteiger partial charge in [0.1, 0.15) is 0 Å². The average Bonchev–Trinajstić information content (AvgIpc) is 2.90. The van der Waals surface area contributed by atoms with Gasteiger partial charge in [0.2, 0.25) is 5.03 Å². The SMILES string of the molecule is CC(CNS(=O)(=O)c1ncccc1F)CN1CCCC1. The predicted octanol–water partition coefficient (Wildman–Crippen LogP) is 1.23. The normalized spacial score (nSPS) is 18.3. The Morgan fingerprint density at radius 2 is 2.15 bits per heavy atom. The number of sulfonamides is 1. The second kappa shape index (κ2) is 6.60. The van der Waals surface area contributed by atoms with Crippen molar-refractivity contribution in [1.29, 1.82) is 0 Å². The highest BCUT2D eigenvalue weighted by atomic mass is 32.2. The van der Waals surface area contributed by atoms with Crippen molar-refractivity contribution in [3.05, 3.63) is 24.1 Å². The predicted molar refractivity (Wildman–Crippen MR) is 74.2 cm³/mol. The van der Waals surface area contributed by atoms with Crippen LogP contribution in [0.5, 0.6) is 0 Å². The fourth-order valence-electron chi connectivity index (χ4n) is 2.36. The second-order valence-corrected chi connectivity index (χ2v) is 6.94. The number of hydrogen-bond donors (Lipinski definition) is 1. The summed E-state index contributed by atoms with van der Waals surface area (Å²) in [5, 5.41) is -0.534. The number of hydrogen-bond acceptors (Lipinski definition) is 4. The maximum absolute atomic E-state index is 13.4. The van der Waals surface area contributed by atoms with Gasteiger partial charge in [-0.15, -0.1) is 0 Å². The third-order valence-electron chi connectivity index (χ3n) is 3.37. The zero-order valence-electron chi connectivity index (χ0n) is 11.5. The van der Waals surface area contributed by atoms with Gasteiger partial charge >= 0.3 is 0 Å². The van der Waals surface area contributed by atoms with Crippen molar-refractivity contribution in [2.24, 2.45) is 5.92 Å². The number of rotatable bonds is 6. The minimum Gasteiger partial charge on any atom is -0.303 e. The van der Waals surface area contributed by atoms with Crippen LogP contribution in [0.1, 0.15) is 19.8 Å². The molecule has 2 rings (SSSR count). The van der Waals surface area contributed by atoms with Crippen LogP contribution in [0.15, 0.2) is 23.4 Å². The molecule has 1 aliphatic heterocycles. The molecule has 1 aliphatic rings. The highest BCUT2D eigenvalue weighted by molar-refractivity contribution is 7.89. The van der Waals surface area contributed by atoms with E-state index < -0.39 is 20.9 Å². The Hall–Kier alpha value is -1.05. The van der Waals surface area contributed by atoms with E-state index in [0.717, 1.165) is 25.7 Å². The Morgan fingerprint density at radius 1 is 1.45 bits per heavy atom. The van der Waals surface area contributed by atoms with Crippen LogP contribution in [0.25, 0.3) is 0 Å². The van der Waals surface area contributed by atoms with E-state index in [0.29, 0.717) is 0 Å². The van der Waals surface area contributed by atoms with E-state index in [1.165, 1.54) is 25.1 Å². The molecule has 1 atom stereocenters. The van der Waals surface area contributed by atoms with E-state index in [-0.39, 0.29) is 12.5 Å². The van der Waals surface area contributed by atoms with E-state index in [1.807, 2.05) is 6.92 Å². The number of nitrogens with one attached hydrogen (secondary N) is 1. The molecule has 0 saturated carbocycles. The lowest BCUT2D eigenvalue weighted by atomic mass is 10.2. The smallest absolute Gasteiger partial charge is 0.261 e. The molecule has 112 valence electrons. The Kier molecular flexibility index (Phi) is 5.06. The summed E-state index contributed by atoms with van der Waals surface area (Å²) in [6.45, 7) is 5.27. The van der Waals surface area contributed by atoms with Crippen molar-refractivity contribution in [3.8, 4) is 0 Å². The number of pyridine rings is 1. The lowest BCUT2D eigenvalue weighted by Crippen LogP contribution is -2.35. The van der Waals surface area contributed by atoms with Crippen molar-refractivity contribution in [1.82, 2.24) is 14.6 Å². The molecule has 1 unspecified atom stereocenters. The molecule has 7 heteroatoms. The zero-order valence-corrected chi connectivity index (χ0v) is 12.4. The average molecular weight is 301 g/mol. The van der Waals surface area contributed by atoms with Gasteiger partial charge < -0.3 is 4.90 Å². The third-order valence-corrected chi connectivity index (χ3v) is 4.73. The van der Waals surface area contributed by atoms with Crippen LogP contribution in [0.4, 0.5) is 4.39 Å². The molecule has 0 aliphatic carbocycles. The first-order chi connectivity index (χ1) is 9.49. The number of halogens is 1. The zero-order chi connectivity index (χ0) is 14.6. The van der Waals surface area contributed by atoms with Gasteiger partial charge in [0.05, 0.1) is 0 Å². The van der Waals surface area contributed by atoms with Crippen molar-refractivity contribution < 1.29 is 12.8 Å². The largest absolute Gasteiger partial charge is 0.303 e. The second-order valence-electron chi connectivity index (χ2n) is 5.26. The first-order valence-electron chi connectivity index (χ1n) is 6.81. The van der Waals surface area contributed by atoms with Crippen LogP contribution < -0.4 is 4.72 Å². The fourth-order valence-corrected chi connectivity index (χ4v) is 3.52. The molecule has 1 aromatic heterocycles. The van der Waals surface area contributed by atoms with E-state index in [2.05, 4.69) is 14.6 Å². The van der Waals surface area contributed by atoms with Gasteiger partial charge in [0, 0.05) is 19.3 Å². The molecular weight excluding hydrogens is 281 g/mol. The van der Waals surface area contributed by atoms with Crippen molar-refractivity contribution in [2.45, 2.75) is 24.8 Å². The number of likely N-dealkylation sites (tertiary alicyclic amines) is 1. The summed E-state index contributed by atoms with van der Waals surface area (Å²) in [4.78, 5) is 5.92. The molecule has 0 radical (unpaired) electrons. The summed E-state index contributed by atoms with van der Waals surface area (Å²) in [6, 6.07) is 2.46. The quantitative estimate of drug-likeness (QED) is 0.858. The highest BCUT2D eigenvalue weighted by Gasteiger charge is 2.22. The van der Waals surface area contributed by atoms with E-state index in [9.17, 15) is 12.8 Å². The van der Waals surface area contributed by atoms with Gasteiger partial charge in [-0.05, 0) is 44.0 Å². The summed E-state index contributed by atoms with van der Waals surface area (Å²) in [5.41, 5.74) is 0.